The molecule has 0 saturated carbocycles. The highest BCUT2D eigenvalue weighted by atomic mass is 79.9. The lowest BCUT2D eigenvalue weighted by atomic mass is 10.1. The Kier molecular flexibility index (Phi) is 5.04. The molecular formula is C14H14BrNO2. The Balaban J connectivity index is 0.00000162. The Morgan fingerprint density at radius 3 is 2.50 bits per heavy atom. The molecule has 1 heterocycles. The number of hydrogen-bond acceptors (Lipinski definition) is 1. The summed E-state index contributed by atoms with van der Waals surface area (Å²) < 4.78 is 2.02. The minimum atomic E-state index is -0.888. The van der Waals surface area contributed by atoms with Gasteiger partial charge in [-0.3, -0.25) is 0 Å². The van der Waals surface area contributed by atoms with E-state index in [0.717, 1.165) is 5.56 Å². The summed E-state index contributed by atoms with van der Waals surface area (Å²) >= 11 is 0. The van der Waals surface area contributed by atoms with Crippen molar-refractivity contribution >= 4 is 5.97 Å². The van der Waals surface area contributed by atoms with Crippen molar-refractivity contribution in [1.82, 2.24) is 0 Å². The predicted octanol–water partition coefficient (Wildman–Crippen LogP) is -0.967. The first-order valence-corrected chi connectivity index (χ1v) is 5.43. The van der Waals surface area contributed by atoms with Crippen LogP contribution in [0.5, 0.6) is 0 Å². The maximum atomic E-state index is 10.8. The molecule has 0 aliphatic carbocycles. The average molecular weight is 308 g/mol. The average Bonchev–Trinajstić information content (AvgIpc) is 2.32. The molecule has 0 atom stereocenters. The number of aromatic nitrogens is 1. The minimum absolute atomic E-state index is 0. The first-order valence-electron chi connectivity index (χ1n) is 5.43. The normalized spacial score (nSPS) is 9.61. The molecule has 0 aliphatic rings. The zero-order chi connectivity index (χ0) is 12.3. The van der Waals surface area contributed by atoms with Gasteiger partial charge in [0.2, 0.25) is 0 Å². The molecule has 0 radical (unpaired) electrons. The van der Waals surface area contributed by atoms with E-state index in [-0.39, 0.29) is 17.0 Å². The molecule has 2 rings (SSSR count). The lowest BCUT2D eigenvalue weighted by Crippen LogP contribution is -3.00. The van der Waals surface area contributed by atoms with Crippen molar-refractivity contribution in [2.24, 2.45) is 0 Å². The molecule has 0 fully saturated rings. The van der Waals surface area contributed by atoms with Gasteiger partial charge < -0.3 is 22.1 Å². The van der Waals surface area contributed by atoms with Crippen LogP contribution in [0.2, 0.25) is 0 Å². The summed E-state index contributed by atoms with van der Waals surface area (Å²) in [6.45, 7) is 2.72. The molecule has 0 bridgehead atoms. The standard InChI is InChI=1S/C14H13NO2.BrH/c1-11-5-7-15(8-6-11)10-12-3-2-4-13(9-12)14(16)17;/h2-9H,10H2,1H3;1H. The third-order valence-corrected chi connectivity index (χ3v) is 2.60. The van der Waals surface area contributed by atoms with Gasteiger partial charge in [0.15, 0.2) is 18.9 Å². The van der Waals surface area contributed by atoms with Crippen molar-refractivity contribution in [2.45, 2.75) is 13.5 Å². The molecule has 94 valence electrons. The van der Waals surface area contributed by atoms with Crippen molar-refractivity contribution in [2.75, 3.05) is 0 Å². The van der Waals surface area contributed by atoms with Crippen molar-refractivity contribution in [3.05, 3.63) is 65.5 Å². The highest BCUT2D eigenvalue weighted by Crippen LogP contribution is 2.05. The molecule has 1 N–H and O–H groups in total. The second kappa shape index (κ2) is 6.31. The second-order valence-electron chi connectivity index (χ2n) is 4.05. The van der Waals surface area contributed by atoms with Crippen LogP contribution in [0.3, 0.4) is 0 Å². The first-order chi connectivity index (χ1) is 8.15. The maximum absolute atomic E-state index is 10.8. The highest BCUT2D eigenvalue weighted by Gasteiger charge is 2.06. The van der Waals surface area contributed by atoms with Gasteiger partial charge in [0.25, 0.3) is 0 Å². The van der Waals surface area contributed by atoms with Crippen molar-refractivity contribution in [3.8, 4) is 0 Å². The van der Waals surface area contributed by atoms with Gasteiger partial charge in [0, 0.05) is 17.7 Å². The van der Waals surface area contributed by atoms with Crippen molar-refractivity contribution < 1.29 is 31.4 Å². The van der Waals surface area contributed by atoms with Gasteiger partial charge in [-0.2, -0.15) is 0 Å². The van der Waals surface area contributed by atoms with E-state index in [1.54, 1.807) is 18.2 Å². The van der Waals surface area contributed by atoms with Crippen LogP contribution in [0, 0.1) is 6.92 Å². The monoisotopic (exact) mass is 307 g/mol. The van der Waals surface area contributed by atoms with Crippen LogP contribution >= 0.6 is 0 Å². The summed E-state index contributed by atoms with van der Waals surface area (Å²) in [5, 5.41) is 8.90. The molecule has 2 aromatic rings. The number of pyridine rings is 1. The molecule has 0 unspecified atom stereocenters. The number of rotatable bonds is 3. The van der Waals surface area contributed by atoms with E-state index in [4.69, 9.17) is 5.11 Å². The lowest BCUT2D eigenvalue weighted by Gasteiger charge is -2.00. The summed E-state index contributed by atoms with van der Waals surface area (Å²) in [4.78, 5) is 10.8. The van der Waals surface area contributed by atoms with E-state index >= 15 is 0 Å². The minimum Gasteiger partial charge on any atom is -1.00 e. The lowest BCUT2D eigenvalue weighted by molar-refractivity contribution is -0.688. The topological polar surface area (TPSA) is 41.2 Å². The molecule has 0 amide bonds. The Hall–Kier alpha value is -1.68. The third-order valence-electron chi connectivity index (χ3n) is 2.60. The van der Waals surface area contributed by atoms with Gasteiger partial charge in [0.05, 0.1) is 5.56 Å². The summed E-state index contributed by atoms with van der Waals surface area (Å²) in [6.07, 6.45) is 3.98. The van der Waals surface area contributed by atoms with Crippen molar-refractivity contribution in [3.63, 3.8) is 0 Å². The molecule has 0 spiro atoms. The molecule has 3 nitrogen and oxygen atoms in total. The summed E-state index contributed by atoms with van der Waals surface area (Å²) in [5.74, 6) is -0.888. The highest BCUT2D eigenvalue weighted by molar-refractivity contribution is 5.87. The summed E-state index contributed by atoms with van der Waals surface area (Å²) in [7, 11) is 0. The first kappa shape index (κ1) is 14.4. The fourth-order valence-corrected chi connectivity index (χ4v) is 1.65. The Morgan fingerprint density at radius 1 is 1.22 bits per heavy atom. The smallest absolute Gasteiger partial charge is 0.335 e. The van der Waals surface area contributed by atoms with Gasteiger partial charge in [-0.1, -0.05) is 12.1 Å². The molecule has 18 heavy (non-hydrogen) atoms. The molecule has 0 saturated heterocycles. The molecular weight excluding hydrogens is 294 g/mol. The van der Waals surface area contributed by atoms with Crippen LogP contribution in [0.15, 0.2) is 48.8 Å². The zero-order valence-corrected chi connectivity index (χ0v) is 11.6. The van der Waals surface area contributed by atoms with Crippen LogP contribution < -0.4 is 21.5 Å². The van der Waals surface area contributed by atoms with E-state index < -0.39 is 5.97 Å². The van der Waals surface area contributed by atoms with Crippen molar-refractivity contribution in [1.29, 1.82) is 0 Å². The number of halogens is 1. The Morgan fingerprint density at radius 2 is 1.89 bits per heavy atom. The fourth-order valence-electron chi connectivity index (χ4n) is 1.65. The van der Waals surface area contributed by atoms with E-state index in [2.05, 4.69) is 0 Å². The largest absolute Gasteiger partial charge is 1.00 e. The number of aromatic carboxylic acids is 1. The van der Waals surface area contributed by atoms with E-state index in [1.165, 1.54) is 5.56 Å². The second-order valence-corrected chi connectivity index (χ2v) is 4.05. The van der Waals surface area contributed by atoms with Gasteiger partial charge in [-0.15, -0.1) is 0 Å². The zero-order valence-electron chi connectivity index (χ0n) is 10.0. The van der Waals surface area contributed by atoms with Gasteiger partial charge >= 0.3 is 5.97 Å². The molecule has 4 heteroatoms. The predicted molar refractivity (Wildman–Crippen MR) is 63.9 cm³/mol. The summed E-state index contributed by atoms with van der Waals surface area (Å²) in [6, 6.07) is 11.1. The molecule has 1 aromatic heterocycles. The van der Waals surface area contributed by atoms with Crippen LogP contribution in [0.25, 0.3) is 0 Å². The number of aryl methyl sites for hydroxylation is 1. The number of hydrogen-bond donors (Lipinski definition) is 1. The van der Waals surface area contributed by atoms with Crippen LogP contribution in [0.4, 0.5) is 0 Å². The molecule has 1 aromatic carbocycles. The van der Waals surface area contributed by atoms with Gasteiger partial charge in [-0.05, 0) is 24.6 Å². The molecule has 0 aliphatic heterocycles. The number of benzene rings is 1. The van der Waals surface area contributed by atoms with Crippen LogP contribution in [-0.2, 0) is 6.54 Å². The number of carboxylic acids is 1. The SMILES string of the molecule is Cc1cc[n+](Cc2cccc(C(=O)O)c2)cc1.[Br-]. The quantitative estimate of drug-likeness (QED) is 0.742. The number of carbonyl (C=O) groups is 1. The number of carboxylic acid groups (broad SMARTS) is 1. The van der Waals surface area contributed by atoms with Gasteiger partial charge in [0.1, 0.15) is 0 Å². The third kappa shape index (κ3) is 3.67. The van der Waals surface area contributed by atoms with Crippen LogP contribution in [0.1, 0.15) is 21.5 Å². The van der Waals surface area contributed by atoms with Gasteiger partial charge in [-0.25, -0.2) is 9.36 Å². The van der Waals surface area contributed by atoms with E-state index in [9.17, 15) is 4.79 Å². The van der Waals surface area contributed by atoms with E-state index in [1.807, 2.05) is 42.1 Å². The Labute approximate surface area is 116 Å². The maximum Gasteiger partial charge on any atom is 0.335 e. The van der Waals surface area contributed by atoms with E-state index in [0.29, 0.717) is 12.1 Å². The fraction of sp³-hybridized carbons (Fsp3) is 0.143. The summed E-state index contributed by atoms with van der Waals surface area (Å²) in [5.41, 5.74) is 2.52. The number of nitrogens with zero attached hydrogens (tertiary/aromatic N) is 1. The Bertz CT molecular complexity index is 538. The van der Waals surface area contributed by atoms with Crippen LogP contribution in [-0.4, -0.2) is 11.1 Å².